The summed E-state index contributed by atoms with van der Waals surface area (Å²) in [6.07, 6.45) is 2.91. The van der Waals surface area contributed by atoms with Crippen LogP contribution in [0.2, 0.25) is 0 Å². The van der Waals surface area contributed by atoms with Crippen molar-refractivity contribution in [2.75, 3.05) is 5.32 Å². The first-order valence-electron chi connectivity index (χ1n) is 6.14. The lowest BCUT2D eigenvalue weighted by Gasteiger charge is -2.11. The average Bonchev–Trinajstić information content (AvgIpc) is 2.95. The van der Waals surface area contributed by atoms with Crippen molar-refractivity contribution >= 4 is 17.0 Å². The van der Waals surface area contributed by atoms with Gasteiger partial charge in [0.05, 0.1) is 6.33 Å². The Morgan fingerprint density at radius 1 is 1.19 bits per heavy atom. The van der Waals surface area contributed by atoms with Gasteiger partial charge in [-0.15, -0.1) is 0 Å². The van der Waals surface area contributed by atoms with Crippen LogP contribution >= 0.6 is 0 Å². The summed E-state index contributed by atoms with van der Waals surface area (Å²) >= 11 is 0. The number of hydrogen-bond donors (Lipinski definition) is 2. The lowest BCUT2D eigenvalue weighted by Crippen LogP contribution is -2.08. The number of halogens is 2. The summed E-state index contributed by atoms with van der Waals surface area (Å²) in [6, 6.07) is 6.58. The van der Waals surface area contributed by atoms with Gasteiger partial charge in [0.15, 0.2) is 11.5 Å². The molecule has 0 unspecified atom stereocenters. The van der Waals surface area contributed by atoms with Crippen molar-refractivity contribution in [3.05, 3.63) is 42.5 Å². The summed E-state index contributed by atoms with van der Waals surface area (Å²) < 4.78 is 29.2. The minimum atomic E-state index is -2.86. The summed E-state index contributed by atoms with van der Waals surface area (Å²) in [5, 5.41) is 3.05. The molecule has 0 saturated carbocycles. The molecule has 3 rings (SSSR count). The van der Waals surface area contributed by atoms with E-state index in [9.17, 15) is 8.78 Å². The summed E-state index contributed by atoms with van der Waals surface area (Å²) in [6.45, 7) is -2.58. The topological polar surface area (TPSA) is 75.7 Å². The Hall–Kier alpha value is -2.77. The van der Waals surface area contributed by atoms with E-state index in [0.29, 0.717) is 22.5 Å². The number of H-pyrrole nitrogens is 1. The zero-order chi connectivity index (χ0) is 14.7. The Kier molecular flexibility index (Phi) is 3.59. The molecule has 2 N–H and O–H groups in total. The molecule has 2 heterocycles. The van der Waals surface area contributed by atoms with E-state index in [4.69, 9.17) is 0 Å². The quantitative estimate of drug-likeness (QED) is 0.755. The Labute approximate surface area is 118 Å². The molecular weight excluding hydrogens is 280 g/mol. The summed E-state index contributed by atoms with van der Waals surface area (Å²) in [4.78, 5) is 15.1. The summed E-state index contributed by atoms with van der Waals surface area (Å²) in [5.74, 6) is 0.653. The van der Waals surface area contributed by atoms with E-state index in [1.807, 2.05) is 0 Å². The van der Waals surface area contributed by atoms with Crippen LogP contribution in [0.5, 0.6) is 5.75 Å². The van der Waals surface area contributed by atoms with E-state index in [-0.39, 0.29) is 12.3 Å². The fourth-order valence-corrected chi connectivity index (χ4v) is 1.93. The molecule has 8 heteroatoms. The van der Waals surface area contributed by atoms with Crippen molar-refractivity contribution in [2.24, 2.45) is 0 Å². The largest absolute Gasteiger partial charge is 0.434 e. The second kappa shape index (κ2) is 5.70. The van der Waals surface area contributed by atoms with E-state index < -0.39 is 6.61 Å². The first-order valence-corrected chi connectivity index (χ1v) is 6.14. The predicted molar refractivity (Wildman–Crippen MR) is 72.1 cm³/mol. The second-order valence-corrected chi connectivity index (χ2v) is 4.16. The maximum absolute atomic E-state index is 12.4. The van der Waals surface area contributed by atoms with Gasteiger partial charge in [0.2, 0.25) is 0 Å². The minimum absolute atomic E-state index is 0.132. The highest BCUT2D eigenvalue weighted by molar-refractivity contribution is 5.81. The zero-order valence-corrected chi connectivity index (χ0v) is 10.8. The number of ether oxygens (including phenoxy) is 1. The van der Waals surface area contributed by atoms with Gasteiger partial charge in [0, 0.05) is 12.1 Å². The van der Waals surface area contributed by atoms with Crippen molar-refractivity contribution in [2.45, 2.75) is 13.2 Å². The number of rotatable bonds is 5. The number of imidazole rings is 1. The number of anilines is 1. The van der Waals surface area contributed by atoms with Crippen LogP contribution in [0, 0.1) is 0 Å². The third kappa shape index (κ3) is 2.88. The fourth-order valence-electron chi connectivity index (χ4n) is 1.93. The Balaban J connectivity index is 1.80. The maximum Gasteiger partial charge on any atom is 0.387 e. The SMILES string of the molecule is FC(F)Oc1ccccc1CNc1ncnc2[nH]cnc12. The van der Waals surface area contributed by atoms with Crippen LogP contribution in [0.1, 0.15) is 5.56 Å². The molecule has 0 aliphatic heterocycles. The molecule has 0 amide bonds. The lowest BCUT2D eigenvalue weighted by atomic mass is 10.2. The third-order valence-corrected chi connectivity index (χ3v) is 2.85. The highest BCUT2D eigenvalue weighted by Crippen LogP contribution is 2.22. The molecule has 108 valence electrons. The lowest BCUT2D eigenvalue weighted by molar-refractivity contribution is -0.0504. The molecule has 3 aromatic rings. The fraction of sp³-hybridized carbons (Fsp3) is 0.154. The number of benzene rings is 1. The second-order valence-electron chi connectivity index (χ2n) is 4.16. The maximum atomic E-state index is 12.4. The molecule has 0 aliphatic rings. The highest BCUT2D eigenvalue weighted by Gasteiger charge is 2.10. The van der Waals surface area contributed by atoms with Crippen molar-refractivity contribution < 1.29 is 13.5 Å². The standard InChI is InChI=1S/C13H11F2N5O/c14-13(15)21-9-4-2-1-3-8(9)5-16-11-10-12(18-6-17-10)20-7-19-11/h1-4,6-7,13H,5H2,(H2,16,17,18,19,20). The number of hydrogen-bond acceptors (Lipinski definition) is 5. The number of fused-ring (bicyclic) bond motifs is 1. The monoisotopic (exact) mass is 291 g/mol. The van der Waals surface area contributed by atoms with Gasteiger partial charge in [0.25, 0.3) is 0 Å². The number of nitrogens with zero attached hydrogens (tertiary/aromatic N) is 3. The third-order valence-electron chi connectivity index (χ3n) is 2.85. The van der Waals surface area contributed by atoms with Crippen LogP contribution in [-0.4, -0.2) is 26.5 Å². The zero-order valence-electron chi connectivity index (χ0n) is 10.8. The van der Waals surface area contributed by atoms with Crippen molar-refractivity contribution in [3.63, 3.8) is 0 Å². The molecular formula is C13H11F2N5O. The normalized spacial score (nSPS) is 11.0. The molecule has 21 heavy (non-hydrogen) atoms. The van der Waals surface area contributed by atoms with Gasteiger partial charge >= 0.3 is 6.61 Å². The number of alkyl halides is 2. The van der Waals surface area contributed by atoms with Gasteiger partial charge < -0.3 is 15.0 Å². The molecule has 0 radical (unpaired) electrons. The van der Waals surface area contributed by atoms with E-state index in [2.05, 4.69) is 30.0 Å². The van der Waals surface area contributed by atoms with Gasteiger partial charge in [-0.2, -0.15) is 8.78 Å². The molecule has 2 aromatic heterocycles. The Morgan fingerprint density at radius 2 is 2.05 bits per heavy atom. The molecule has 1 aromatic carbocycles. The van der Waals surface area contributed by atoms with Gasteiger partial charge in [-0.05, 0) is 6.07 Å². The van der Waals surface area contributed by atoms with Crippen LogP contribution in [-0.2, 0) is 6.54 Å². The van der Waals surface area contributed by atoms with E-state index in [0.717, 1.165) is 0 Å². The van der Waals surface area contributed by atoms with Crippen molar-refractivity contribution in [1.82, 2.24) is 19.9 Å². The average molecular weight is 291 g/mol. The molecule has 0 aliphatic carbocycles. The van der Waals surface area contributed by atoms with E-state index >= 15 is 0 Å². The molecule has 0 saturated heterocycles. The van der Waals surface area contributed by atoms with Gasteiger partial charge in [-0.1, -0.05) is 18.2 Å². The van der Waals surface area contributed by atoms with Crippen molar-refractivity contribution in [3.8, 4) is 5.75 Å². The minimum Gasteiger partial charge on any atom is -0.434 e. The van der Waals surface area contributed by atoms with Gasteiger partial charge in [-0.3, -0.25) is 0 Å². The van der Waals surface area contributed by atoms with E-state index in [1.165, 1.54) is 18.7 Å². The van der Waals surface area contributed by atoms with Crippen LogP contribution in [0.3, 0.4) is 0 Å². The molecule has 0 bridgehead atoms. The summed E-state index contributed by atoms with van der Waals surface area (Å²) in [5.41, 5.74) is 1.79. The number of aromatic nitrogens is 4. The molecule has 0 atom stereocenters. The number of aromatic amines is 1. The highest BCUT2D eigenvalue weighted by atomic mass is 19.3. The van der Waals surface area contributed by atoms with Gasteiger partial charge in [0.1, 0.15) is 17.6 Å². The molecule has 0 spiro atoms. The summed E-state index contributed by atoms with van der Waals surface area (Å²) in [7, 11) is 0. The molecule has 6 nitrogen and oxygen atoms in total. The number of nitrogens with one attached hydrogen (secondary N) is 2. The van der Waals surface area contributed by atoms with Crippen LogP contribution in [0.4, 0.5) is 14.6 Å². The van der Waals surface area contributed by atoms with E-state index in [1.54, 1.807) is 18.2 Å². The predicted octanol–water partition coefficient (Wildman–Crippen LogP) is 2.57. The van der Waals surface area contributed by atoms with Crippen molar-refractivity contribution in [1.29, 1.82) is 0 Å². The Morgan fingerprint density at radius 3 is 2.90 bits per heavy atom. The first-order chi connectivity index (χ1) is 10.2. The van der Waals surface area contributed by atoms with Crippen LogP contribution in [0.25, 0.3) is 11.2 Å². The smallest absolute Gasteiger partial charge is 0.387 e. The van der Waals surface area contributed by atoms with Crippen LogP contribution < -0.4 is 10.1 Å². The first kappa shape index (κ1) is 13.2. The number of para-hydroxylation sites is 1. The molecule has 0 fully saturated rings. The van der Waals surface area contributed by atoms with Gasteiger partial charge in [-0.25, -0.2) is 15.0 Å². The van der Waals surface area contributed by atoms with Crippen LogP contribution in [0.15, 0.2) is 36.9 Å². The Bertz CT molecular complexity index is 746.